The lowest BCUT2D eigenvalue weighted by atomic mass is 10.3. The number of rotatable bonds is 0. The minimum atomic E-state index is 0.00407. The molecule has 0 N–H and O–H groups in total. The molecule has 1 aromatic rings. The molecule has 0 fully saturated rings. The number of nitrogens with zero attached hydrogens (tertiary/aromatic N) is 1. The minimum absolute atomic E-state index is 0.00407. The number of pyridine rings is 1. The summed E-state index contributed by atoms with van der Waals surface area (Å²) >= 11 is 5.66. The normalized spacial score (nSPS) is 9.90. The van der Waals surface area contributed by atoms with Gasteiger partial charge in [-0.05, 0) is 13.0 Å². The highest BCUT2D eigenvalue weighted by Gasteiger charge is 1.96. The molecule has 0 spiro atoms. The molecule has 1 heterocycles. The molecule has 0 aliphatic heterocycles. The van der Waals surface area contributed by atoms with Crippen LogP contribution in [0.25, 0.3) is 0 Å². The molecule has 1 aromatic heterocycles. The van der Waals surface area contributed by atoms with Gasteiger partial charge in [-0.1, -0.05) is 11.6 Å². The average Bonchev–Trinajstić information content (AvgIpc) is 1.82. The van der Waals surface area contributed by atoms with E-state index in [0.717, 1.165) is 0 Å². The Morgan fingerprint density at radius 1 is 1.60 bits per heavy atom. The lowest BCUT2D eigenvalue weighted by molar-refractivity contribution is 0.849. The van der Waals surface area contributed by atoms with E-state index in [-0.39, 0.29) is 5.56 Å². The largest absolute Gasteiger partial charge is 0.317 e. The molecular formula is C7H8ClNO. The maximum atomic E-state index is 11.0. The van der Waals surface area contributed by atoms with Gasteiger partial charge in [0.1, 0.15) is 0 Å². The second-order valence-electron chi connectivity index (χ2n) is 2.26. The van der Waals surface area contributed by atoms with Crippen LogP contribution in [0.3, 0.4) is 0 Å². The molecule has 0 aliphatic carbocycles. The average molecular weight is 158 g/mol. The zero-order valence-corrected chi connectivity index (χ0v) is 6.64. The van der Waals surface area contributed by atoms with Crippen molar-refractivity contribution in [2.24, 2.45) is 7.05 Å². The molecule has 10 heavy (non-hydrogen) atoms. The van der Waals surface area contributed by atoms with Crippen LogP contribution in [-0.4, -0.2) is 4.57 Å². The second-order valence-corrected chi connectivity index (χ2v) is 2.69. The Kier molecular flexibility index (Phi) is 1.81. The van der Waals surface area contributed by atoms with Crippen LogP contribution < -0.4 is 5.56 Å². The second kappa shape index (κ2) is 2.46. The predicted octanol–water partition coefficient (Wildman–Crippen LogP) is 1.35. The van der Waals surface area contributed by atoms with Gasteiger partial charge in [-0.3, -0.25) is 4.79 Å². The highest BCUT2D eigenvalue weighted by Crippen LogP contribution is 2.04. The summed E-state index contributed by atoms with van der Waals surface area (Å²) in [4.78, 5) is 11.0. The Balaban J connectivity index is 3.46. The summed E-state index contributed by atoms with van der Waals surface area (Å²) in [5, 5.41) is 0.597. The fourth-order valence-corrected chi connectivity index (χ4v) is 1.14. The summed E-state index contributed by atoms with van der Waals surface area (Å²) in [5.74, 6) is 0. The Hall–Kier alpha value is -0.760. The number of hydrogen-bond acceptors (Lipinski definition) is 1. The van der Waals surface area contributed by atoms with Crippen molar-refractivity contribution in [3.8, 4) is 0 Å². The molecule has 0 unspecified atom stereocenters. The Labute approximate surface area is 64.1 Å². The summed E-state index contributed by atoms with van der Waals surface area (Å²) in [6.45, 7) is 1.74. The van der Waals surface area contributed by atoms with Gasteiger partial charge in [-0.2, -0.15) is 0 Å². The molecule has 1 rings (SSSR count). The lowest BCUT2D eigenvalue weighted by Gasteiger charge is -1.98. The first-order valence-electron chi connectivity index (χ1n) is 2.94. The zero-order valence-electron chi connectivity index (χ0n) is 5.89. The molecule has 0 atom stereocenters. The van der Waals surface area contributed by atoms with Crippen LogP contribution in [0.4, 0.5) is 0 Å². The van der Waals surface area contributed by atoms with E-state index in [1.807, 2.05) is 0 Å². The molecule has 0 saturated heterocycles. The number of halogens is 1. The Morgan fingerprint density at radius 3 is 2.70 bits per heavy atom. The van der Waals surface area contributed by atoms with Crippen molar-refractivity contribution in [2.75, 3.05) is 0 Å². The van der Waals surface area contributed by atoms with Gasteiger partial charge in [-0.25, -0.2) is 0 Å². The van der Waals surface area contributed by atoms with Crippen molar-refractivity contribution in [1.29, 1.82) is 0 Å². The van der Waals surface area contributed by atoms with Gasteiger partial charge >= 0.3 is 0 Å². The van der Waals surface area contributed by atoms with Crippen molar-refractivity contribution in [1.82, 2.24) is 4.57 Å². The monoisotopic (exact) mass is 157 g/mol. The van der Waals surface area contributed by atoms with E-state index < -0.39 is 0 Å². The molecule has 0 radical (unpaired) electrons. The third-order valence-corrected chi connectivity index (χ3v) is 1.54. The third kappa shape index (κ3) is 1.21. The summed E-state index contributed by atoms with van der Waals surface area (Å²) in [5.41, 5.74) is 0.680. The maximum absolute atomic E-state index is 11.0. The van der Waals surface area contributed by atoms with Crippen LogP contribution in [0.2, 0.25) is 5.02 Å². The summed E-state index contributed by atoms with van der Waals surface area (Å²) in [6, 6.07) is 1.66. The molecule has 2 nitrogen and oxygen atoms in total. The number of aromatic nitrogens is 1. The standard InChI is InChI=1S/C7H8ClNO/c1-5-3-6(8)4-9(2)7(5)10/h3-4H,1-2H3. The molecule has 0 bridgehead atoms. The van der Waals surface area contributed by atoms with Gasteiger partial charge in [0, 0.05) is 18.8 Å². The van der Waals surface area contributed by atoms with Crippen LogP contribution in [0.15, 0.2) is 17.1 Å². The Bertz CT molecular complexity index is 277. The van der Waals surface area contributed by atoms with Gasteiger partial charge in [0.15, 0.2) is 0 Å². The van der Waals surface area contributed by atoms with Gasteiger partial charge in [-0.15, -0.1) is 0 Å². The molecular weight excluding hydrogens is 150 g/mol. The van der Waals surface area contributed by atoms with E-state index in [1.165, 1.54) is 4.57 Å². The maximum Gasteiger partial charge on any atom is 0.253 e. The highest BCUT2D eigenvalue weighted by atomic mass is 35.5. The SMILES string of the molecule is Cc1cc(Cl)cn(C)c1=O. The molecule has 3 heteroatoms. The van der Waals surface area contributed by atoms with Crippen molar-refractivity contribution >= 4 is 11.6 Å². The number of aryl methyl sites for hydroxylation is 2. The van der Waals surface area contributed by atoms with Crippen LogP contribution in [0, 0.1) is 6.92 Å². The molecule has 0 aromatic carbocycles. The van der Waals surface area contributed by atoms with Gasteiger partial charge in [0.25, 0.3) is 5.56 Å². The summed E-state index contributed by atoms with van der Waals surface area (Å²) in [7, 11) is 1.68. The molecule has 0 saturated carbocycles. The van der Waals surface area contributed by atoms with Crippen LogP contribution >= 0.6 is 11.6 Å². The summed E-state index contributed by atoms with van der Waals surface area (Å²) < 4.78 is 1.47. The first-order chi connectivity index (χ1) is 4.61. The first kappa shape index (κ1) is 7.35. The van der Waals surface area contributed by atoms with E-state index in [0.29, 0.717) is 10.6 Å². The van der Waals surface area contributed by atoms with Crippen LogP contribution in [0.5, 0.6) is 0 Å². The first-order valence-corrected chi connectivity index (χ1v) is 3.32. The van der Waals surface area contributed by atoms with E-state index in [4.69, 9.17) is 11.6 Å². The molecule has 0 amide bonds. The topological polar surface area (TPSA) is 22.0 Å². The van der Waals surface area contributed by atoms with Gasteiger partial charge in [0.2, 0.25) is 0 Å². The van der Waals surface area contributed by atoms with Crippen molar-refractivity contribution in [3.63, 3.8) is 0 Å². The van der Waals surface area contributed by atoms with E-state index >= 15 is 0 Å². The summed E-state index contributed by atoms with van der Waals surface area (Å²) in [6.07, 6.45) is 1.59. The molecule has 54 valence electrons. The smallest absolute Gasteiger partial charge is 0.253 e. The van der Waals surface area contributed by atoms with Crippen molar-refractivity contribution in [2.45, 2.75) is 6.92 Å². The third-order valence-electron chi connectivity index (χ3n) is 1.33. The molecule has 0 aliphatic rings. The van der Waals surface area contributed by atoms with Crippen molar-refractivity contribution < 1.29 is 0 Å². The minimum Gasteiger partial charge on any atom is -0.317 e. The van der Waals surface area contributed by atoms with Crippen LogP contribution in [-0.2, 0) is 7.05 Å². The van der Waals surface area contributed by atoms with Crippen LogP contribution in [0.1, 0.15) is 5.56 Å². The lowest BCUT2D eigenvalue weighted by Crippen LogP contribution is -2.17. The van der Waals surface area contributed by atoms with E-state index in [9.17, 15) is 4.79 Å². The van der Waals surface area contributed by atoms with Gasteiger partial charge in [0.05, 0.1) is 5.02 Å². The van der Waals surface area contributed by atoms with Crippen molar-refractivity contribution in [3.05, 3.63) is 33.2 Å². The van der Waals surface area contributed by atoms with E-state index in [2.05, 4.69) is 0 Å². The fraction of sp³-hybridized carbons (Fsp3) is 0.286. The van der Waals surface area contributed by atoms with E-state index in [1.54, 1.807) is 26.2 Å². The quantitative estimate of drug-likeness (QED) is 0.557. The number of hydrogen-bond donors (Lipinski definition) is 0. The predicted molar refractivity (Wildman–Crippen MR) is 41.4 cm³/mol. The fourth-order valence-electron chi connectivity index (χ4n) is 0.828. The Morgan fingerprint density at radius 2 is 2.20 bits per heavy atom. The highest BCUT2D eigenvalue weighted by molar-refractivity contribution is 6.30. The zero-order chi connectivity index (χ0) is 7.72. The van der Waals surface area contributed by atoms with Gasteiger partial charge < -0.3 is 4.57 Å².